The zero-order valence-electron chi connectivity index (χ0n) is 11.6. The molecule has 1 saturated heterocycles. The van der Waals surface area contributed by atoms with Crippen molar-refractivity contribution < 1.29 is 5.11 Å². The van der Waals surface area contributed by atoms with Gasteiger partial charge in [-0.1, -0.05) is 19.1 Å². The summed E-state index contributed by atoms with van der Waals surface area (Å²) in [6.45, 7) is 10.8. The van der Waals surface area contributed by atoms with Crippen molar-refractivity contribution in [2.45, 2.75) is 32.9 Å². The highest BCUT2D eigenvalue weighted by Gasteiger charge is 2.22. The van der Waals surface area contributed by atoms with Gasteiger partial charge in [0.2, 0.25) is 0 Å². The molecule has 1 unspecified atom stereocenters. The Morgan fingerprint density at radius 2 is 1.94 bits per heavy atom. The molecule has 1 aromatic rings. The van der Waals surface area contributed by atoms with Crippen LogP contribution in [0, 0.1) is 0 Å². The first-order valence-corrected chi connectivity index (χ1v) is 6.89. The van der Waals surface area contributed by atoms with E-state index < -0.39 is 0 Å². The first kappa shape index (κ1) is 13.4. The van der Waals surface area contributed by atoms with Crippen LogP contribution in [0.3, 0.4) is 0 Å². The zero-order valence-corrected chi connectivity index (χ0v) is 11.6. The lowest BCUT2D eigenvalue weighted by molar-refractivity contribution is 0.198. The summed E-state index contributed by atoms with van der Waals surface area (Å²) in [6.07, 6.45) is -0.380. The van der Waals surface area contributed by atoms with Crippen LogP contribution in [0.15, 0.2) is 24.3 Å². The molecule has 1 N–H and O–H groups in total. The van der Waals surface area contributed by atoms with Crippen LogP contribution in [0.5, 0.6) is 0 Å². The SMILES string of the molecule is CCN1CCN(c2ccc([C@H](C)O)cc2)CC1C. The standard InChI is InChI=1S/C15H24N2O/c1-4-16-9-10-17(11-12(16)2)15-7-5-14(6-8-15)13(3)18/h5-8,12-13,18H,4,9-11H2,1-3H3/t12?,13-/m0/s1. The molecular weight excluding hydrogens is 224 g/mol. The minimum atomic E-state index is -0.380. The number of likely N-dealkylation sites (N-methyl/N-ethyl adjacent to an activating group) is 1. The van der Waals surface area contributed by atoms with Gasteiger partial charge in [0, 0.05) is 31.4 Å². The molecule has 2 atom stereocenters. The Morgan fingerprint density at radius 1 is 1.28 bits per heavy atom. The van der Waals surface area contributed by atoms with Gasteiger partial charge in [0.15, 0.2) is 0 Å². The summed E-state index contributed by atoms with van der Waals surface area (Å²) in [5.74, 6) is 0. The van der Waals surface area contributed by atoms with Crippen LogP contribution in [0.2, 0.25) is 0 Å². The Hall–Kier alpha value is -1.06. The van der Waals surface area contributed by atoms with E-state index in [1.54, 1.807) is 6.92 Å². The smallest absolute Gasteiger partial charge is 0.0761 e. The van der Waals surface area contributed by atoms with Gasteiger partial charge in [-0.3, -0.25) is 4.90 Å². The number of benzene rings is 1. The molecule has 3 nitrogen and oxygen atoms in total. The lowest BCUT2D eigenvalue weighted by Crippen LogP contribution is -2.51. The Labute approximate surface area is 110 Å². The predicted molar refractivity (Wildman–Crippen MR) is 76.0 cm³/mol. The Bertz CT molecular complexity index is 375. The summed E-state index contributed by atoms with van der Waals surface area (Å²) in [4.78, 5) is 4.95. The van der Waals surface area contributed by atoms with Crippen LogP contribution in [0.1, 0.15) is 32.4 Å². The molecule has 1 heterocycles. The quantitative estimate of drug-likeness (QED) is 0.889. The number of anilines is 1. The molecule has 0 radical (unpaired) electrons. The molecule has 1 aliphatic heterocycles. The lowest BCUT2D eigenvalue weighted by Gasteiger charge is -2.40. The molecule has 0 aliphatic carbocycles. The van der Waals surface area contributed by atoms with Crippen molar-refractivity contribution in [3.63, 3.8) is 0 Å². The summed E-state index contributed by atoms with van der Waals surface area (Å²) in [5.41, 5.74) is 2.25. The second-order valence-electron chi connectivity index (χ2n) is 5.19. The maximum atomic E-state index is 9.51. The summed E-state index contributed by atoms with van der Waals surface area (Å²) < 4.78 is 0. The molecule has 100 valence electrons. The summed E-state index contributed by atoms with van der Waals surface area (Å²) in [7, 11) is 0. The van der Waals surface area contributed by atoms with Crippen LogP contribution in [0.25, 0.3) is 0 Å². The van der Waals surface area contributed by atoms with E-state index in [1.165, 1.54) is 5.69 Å². The third-order valence-electron chi connectivity index (χ3n) is 3.91. The Balaban J connectivity index is 2.04. The minimum Gasteiger partial charge on any atom is -0.389 e. The molecule has 0 aromatic heterocycles. The van der Waals surface area contributed by atoms with Gasteiger partial charge >= 0.3 is 0 Å². The van der Waals surface area contributed by atoms with Gasteiger partial charge in [-0.15, -0.1) is 0 Å². The number of aliphatic hydroxyl groups excluding tert-OH is 1. The van der Waals surface area contributed by atoms with Gasteiger partial charge < -0.3 is 10.0 Å². The van der Waals surface area contributed by atoms with Gasteiger partial charge in [0.1, 0.15) is 0 Å². The van der Waals surface area contributed by atoms with E-state index in [9.17, 15) is 5.11 Å². The first-order chi connectivity index (χ1) is 8.61. The highest BCUT2D eigenvalue weighted by molar-refractivity contribution is 5.48. The highest BCUT2D eigenvalue weighted by atomic mass is 16.3. The van der Waals surface area contributed by atoms with E-state index in [1.807, 2.05) is 12.1 Å². The molecular formula is C15H24N2O. The maximum Gasteiger partial charge on any atom is 0.0761 e. The van der Waals surface area contributed by atoms with Crippen LogP contribution >= 0.6 is 0 Å². The number of nitrogens with zero attached hydrogens (tertiary/aromatic N) is 2. The number of piperazine rings is 1. The third kappa shape index (κ3) is 2.85. The molecule has 18 heavy (non-hydrogen) atoms. The van der Waals surface area contributed by atoms with E-state index in [0.29, 0.717) is 6.04 Å². The average molecular weight is 248 g/mol. The van der Waals surface area contributed by atoms with E-state index in [0.717, 1.165) is 31.7 Å². The van der Waals surface area contributed by atoms with Crippen molar-refractivity contribution in [3.05, 3.63) is 29.8 Å². The normalized spacial score (nSPS) is 23.1. The summed E-state index contributed by atoms with van der Waals surface area (Å²) in [6, 6.07) is 8.90. The molecule has 1 fully saturated rings. The number of rotatable bonds is 3. The molecule has 1 aliphatic rings. The number of hydrogen-bond donors (Lipinski definition) is 1. The van der Waals surface area contributed by atoms with Crippen LogP contribution < -0.4 is 4.90 Å². The van der Waals surface area contributed by atoms with Crippen molar-refractivity contribution in [1.82, 2.24) is 4.90 Å². The van der Waals surface area contributed by atoms with Gasteiger partial charge in [-0.05, 0) is 38.1 Å². The average Bonchev–Trinajstić information content (AvgIpc) is 2.38. The largest absolute Gasteiger partial charge is 0.389 e. The molecule has 0 amide bonds. The fourth-order valence-corrected chi connectivity index (χ4v) is 2.66. The van der Waals surface area contributed by atoms with Crippen LogP contribution in [0.4, 0.5) is 5.69 Å². The van der Waals surface area contributed by atoms with Crippen molar-refractivity contribution in [2.24, 2.45) is 0 Å². The Kier molecular flexibility index (Phi) is 4.25. The van der Waals surface area contributed by atoms with Gasteiger partial charge in [-0.2, -0.15) is 0 Å². The van der Waals surface area contributed by atoms with E-state index in [4.69, 9.17) is 0 Å². The molecule has 1 aromatic carbocycles. The van der Waals surface area contributed by atoms with E-state index in [2.05, 4.69) is 35.8 Å². The van der Waals surface area contributed by atoms with Gasteiger partial charge in [0.05, 0.1) is 6.10 Å². The van der Waals surface area contributed by atoms with Crippen LogP contribution in [-0.2, 0) is 0 Å². The topological polar surface area (TPSA) is 26.7 Å². The highest BCUT2D eigenvalue weighted by Crippen LogP contribution is 2.21. The summed E-state index contributed by atoms with van der Waals surface area (Å²) >= 11 is 0. The van der Waals surface area contributed by atoms with E-state index in [-0.39, 0.29) is 6.10 Å². The van der Waals surface area contributed by atoms with Gasteiger partial charge in [0.25, 0.3) is 0 Å². The number of hydrogen-bond acceptors (Lipinski definition) is 3. The van der Waals surface area contributed by atoms with Crippen LogP contribution in [-0.4, -0.2) is 42.2 Å². The second-order valence-corrected chi connectivity index (χ2v) is 5.19. The molecule has 2 rings (SSSR count). The second kappa shape index (κ2) is 5.72. The molecule has 0 bridgehead atoms. The molecule has 0 saturated carbocycles. The number of aliphatic hydroxyl groups is 1. The van der Waals surface area contributed by atoms with Crippen molar-refractivity contribution in [3.8, 4) is 0 Å². The summed E-state index contributed by atoms with van der Waals surface area (Å²) in [5, 5.41) is 9.51. The van der Waals surface area contributed by atoms with Crippen molar-refractivity contribution in [1.29, 1.82) is 0 Å². The minimum absolute atomic E-state index is 0.380. The fraction of sp³-hybridized carbons (Fsp3) is 0.600. The molecule has 3 heteroatoms. The third-order valence-corrected chi connectivity index (χ3v) is 3.91. The Morgan fingerprint density at radius 3 is 2.44 bits per heavy atom. The fourth-order valence-electron chi connectivity index (χ4n) is 2.66. The monoisotopic (exact) mass is 248 g/mol. The van der Waals surface area contributed by atoms with Gasteiger partial charge in [-0.25, -0.2) is 0 Å². The first-order valence-electron chi connectivity index (χ1n) is 6.89. The van der Waals surface area contributed by atoms with Crippen molar-refractivity contribution in [2.75, 3.05) is 31.1 Å². The molecule has 0 spiro atoms. The maximum absolute atomic E-state index is 9.51. The zero-order chi connectivity index (χ0) is 13.1. The van der Waals surface area contributed by atoms with E-state index >= 15 is 0 Å². The van der Waals surface area contributed by atoms with Crippen molar-refractivity contribution >= 4 is 5.69 Å². The lowest BCUT2D eigenvalue weighted by atomic mass is 10.1. The predicted octanol–water partition coefficient (Wildman–Crippen LogP) is 2.27.